The second-order valence-electron chi connectivity index (χ2n) is 11.0. The largest absolute Gasteiger partial charge is 0.497 e. The first-order valence-electron chi connectivity index (χ1n) is 14.3. The summed E-state index contributed by atoms with van der Waals surface area (Å²) in [5, 5.41) is 0. The van der Waals surface area contributed by atoms with Crippen LogP contribution < -0.4 is 19.6 Å². The van der Waals surface area contributed by atoms with Gasteiger partial charge in [-0.05, 0) is 89.1 Å². The molecule has 0 aliphatic carbocycles. The van der Waals surface area contributed by atoms with Crippen LogP contribution in [0.1, 0.15) is 67.9 Å². The van der Waals surface area contributed by atoms with E-state index in [1.165, 1.54) is 15.9 Å². The number of ether oxygens (including phenoxy) is 3. The Morgan fingerprint density at radius 1 is 0.977 bits per heavy atom. The Hall–Kier alpha value is -4.70. The maximum Gasteiger partial charge on any atom is 0.338 e. The first-order chi connectivity index (χ1) is 21.0. The zero-order chi connectivity index (χ0) is 31.7. The zero-order valence-corrected chi connectivity index (χ0v) is 26.5. The summed E-state index contributed by atoms with van der Waals surface area (Å²) in [7, 11) is 1.56. The van der Waals surface area contributed by atoms with Crippen molar-refractivity contribution in [1.82, 2.24) is 4.57 Å². The minimum absolute atomic E-state index is 0.212. The van der Waals surface area contributed by atoms with Crippen molar-refractivity contribution >= 4 is 29.4 Å². The number of hydrogen-bond acceptors (Lipinski definition) is 9. The van der Waals surface area contributed by atoms with Gasteiger partial charge in [0.25, 0.3) is 5.56 Å². The Morgan fingerprint density at radius 3 is 2.39 bits per heavy atom. The highest BCUT2D eigenvalue weighted by Gasteiger charge is 2.34. The van der Waals surface area contributed by atoms with Crippen molar-refractivity contribution in [3.63, 3.8) is 0 Å². The number of esters is 2. The minimum Gasteiger partial charge on any atom is -0.497 e. The molecule has 1 aliphatic rings. The van der Waals surface area contributed by atoms with Crippen LogP contribution in [0.5, 0.6) is 5.75 Å². The SMILES string of the molecule is COc1cccc([C@H]2C(C(=O)OC(C)C)=C(C)N=c3s/c(=C\c4ccc(-c5ccc(C(=O)OC(C)C)cc5C)o4)c(=O)n32)c1. The number of rotatable bonds is 8. The molecule has 3 heterocycles. The number of thiazole rings is 1. The molecule has 10 heteroatoms. The fraction of sp³-hybridized carbons (Fsp3) is 0.294. The van der Waals surface area contributed by atoms with E-state index in [1.807, 2.05) is 31.2 Å². The molecule has 44 heavy (non-hydrogen) atoms. The molecule has 228 valence electrons. The highest BCUT2D eigenvalue weighted by Crippen LogP contribution is 2.33. The molecule has 5 rings (SSSR count). The summed E-state index contributed by atoms with van der Waals surface area (Å²) in [4.78, 5) is 44.7. The highest BCUT2D eigenvalue weighted by atomic mass is 32.1. The van der Waals surface area contributed by atoms with Crippen LogP contribution in [-0.2, 0) is 14.3 Å². The Balaban J connectivity index is 1.56. The summed E-state index contributed by atoms with van der Waals surface area (Å²) in [6, 6.07) is 15.4. The van der Waals surface area contributed by atoms with Crippen molar-refractivity contribution in [2.75, 3.05) is 7.11 Å². The van der Waals surface area contributed by atoms with Crippen LogP contribution in [0.2, 0.25) is 0 Å². The number of aryl methyl sites for hydroxylation is 1. The van der Waals surface area contributed by atoms with Crippen molar-refractivity contribution in [2.24, 2.45) is 4.99 Å². The molecular weight excluding hydrogens is 580 g/mol. The van der Waals surface area contributed by atoms with Gasteiger partial charge in [0.1, 0.15) is 17.3 Å². The Morgan fingerprint density at radius 2 is 1.70 bits per heavy atom. The molecule has 0 N–H and O–H groups in total. The minimum atomic E-state index is -0.759. The van der Waals surface area contributed by atoms with E-state index in [-0.39, 0.29) is 23.7 Å². The second-order valence-corrected chi connectivity index (χ2v) is 12.0. The van der Waals surface area contributed by atoms with Gasteiger partial charge < -0.3 is 18.6 Å². The standard InChI is InChI=1S/C34H34N2O7S/c1-18(2)41-32(38)23-11-13-26(20(5)15-23)27-14-12-25(43-27)17-28-31(37)36-30(22-9-8-10-24(16-22)40-7)29(33(39)42-19(3)4)21(6)35-34(36)44-28/h8-19,30H,1-7H3/b28-17-/t30-/m0/s1. The molecule has 2 aromatic carbocycles. The number of carbonyl (C=O) groups excluding carboxylic acids is 2. The summed E-state index contributed by atoms with van der Waals surface area (Å²) < 4.78 is 24.4. The summed E-state index contributed by atoms with van der Waals surface area (Å²) in [6.45, 7) is 10.8. The number of allylic oxidation sites excluding steroid dienone is 1. The van der Waals surface area contributed by atoms with Gasteiger partial charge in [0.05, 0.1) is 46.7 Å². The molecule has 0 unspecified atom stereocenters. The van der Waals surface area contributed by atoms with E-state index in [9.17, 15) is 14.4 Å². The van der Waals surface area contributed by atoms with Crippen LogP contribution in [0.4, 0.5) is 0 Å². The lowest BCUT2D eigenvalue weighted by Crippen LogP contribution is -2.40. The average Bonchev–Trinajstić information content (AvgIpc) is 3.55. The topological polar surface area (TPSA) is 109 Å². The lowest BCUT2D eigenvalue weighted by molar-refractivity contribution is -0.143. The van der Waals surface area contributed by atoms with Gasteiger partial charge in [0.15, 0.2) is 4.80 Å². The maximum absolute atomic E-state index is 14.0. The van der Waals surface area contributed by atoms with Crippen LogP contribution in [0.25, 0.3) is 17.4 Å². The number of hydrogen-bond donors (Lipinski definition) is 0. The van der Waals surface area contributed by atoms with Crippen LogP contribution in [0.3, 0.4) is 0 Å². The normalized spacial score (nSPS) is 14.9. The number of aromatic nitrogens is 1. The predicted molar refractivity (Wildman–Crippen MR) is 167 cm³/mol. The smallest absolute Gasteiger partial charge is 0.338 e. The summed E-state index contributed by atoms with van der Waals surface area (Å²) in [5.74, 6) is 0.750. The van der Waals surface area contributed by atoms with Crippen LogP contribution in [0.15, 0.2) is 80.1 Å². The van der Waals surface area contributed by atoms with Crippen LogP contribution in [0, 0.1) is 6.92 Å². The van der Waals surface area contributed by atoms with Crippen LogP contribution >= 0.6 is 11.3 Å². The average molecular weight is 615 g/mol. The fourth-order valence-electron chi connectivity index (χ4n) is 5.04. The maximum atomic E-state index is 14.0. The summed E-state index contributed by atoms with van der Waals surface area (Å²) >= 11 is 1.21. The lowest BCUT2D eigenvalue weighted by atomic mass is 9.95. The molecule has 0 amide bonds. The lowest BCUT2D eigenvalue weighted by Gasteiger charge is -2.25. The van der Waals surface area contributed by atoms with Gasteiger partial charge in [-0.3, -0.25) is 9.36 Å². The third-order valence-electron chi connectivity index (χ3n) is 6.96. The van der Waals surface area contributed by atoms with Gasteiger partial charge >= 0.3 is 11.9 Å². The van der Waals surface area contributed by atoms with Gasteiger partial charge in [-0.1, -0.05) is 29.5 Å². The van der Waals surface area contributed by atoms with Gasteiger partial charge in [0.2, 0.25) is 0 Å². The first-order valence-corrected chi connectivity index (χ1v) is 15.1. The van der Waals surface area contributed by atoms with Crippen molar-refractivity contribution in [1.29, 1.82) is 0 Å². The zero-order valence-electron chi connectivity index (χ0n) is 25.7. The Labute approximate surface area is 258 Å². The predicted octanol–water partition coefficient (Wildman–Crippen LogP) is 5.33. The molecule has 0 fully saturated rings. The number of methoxy groups -OCH3 is 1. The Kier molecular flexibility index (Phi) is 8.73. The summed E-state index contributed by atoms with van der Waals surface area (Å²) in [6.07, 6.45) is 1.11. The van der Waals surface area contributed by atoms with Crippen LogP contribution in [-0.4, -0.2) is 35.8 Å². The highest BCUT2D eigenvalue weighted by molar-refractivity contribution is 7.07. The van der Waals surface area contributed by atoms with E-state index in [4.69, 9.17) is 18.6 Å². The molecular formula is C34H34N2O7S. The van der Waals surface area contributed by atoms with Crippen molar-refractivity contribution < 1.29 is 28.2 Å². The van der Waals surface area contributed by atoms with E-state index in [1.54, 1.807) is 78.1 Å². The number of benzene rings is 2. The van der Waals surface area contributed by atoms with E-state index in [0.29, 0.717) is 49.0 Å². The van der Waals surface area contributed by atoms with Crippen molar-refractivity contribution in [3.8, 4) is 17.1 Å². The van der Waals surface area contributed by atoms with E-state index in [0.717, 1.165) is 11.1 Å². The molecule has 9 nitrogen and oxygen atoms in total. The molecule has 1 aliphatic heterocycles. The number of nitrogens with zero attached hydrogens (tertiary/aromatic N) is 2. The van der Waals surface area contributed by atoms with Gasteiger partial charge in [-0.25, -0.2) is 14.6 Å². The van der Waals surface area contributed by atoms with Gasteiger partial charge in [0, 0.05) is 11.6 Å². The molecule has 1 atom stereocenters. The molecule has 2 aromatic heterocycles. The molecule has 4 aromatic rings. The first kappa shape index (κ1) is 30.7. The Bertz CT molecular complexity index is 1960. The number of carbonyl (C=O) groups is 2. The summed E-state index contributed by atoms with van der Waals surface area (Å²) in [5.41, 5.74) is 3.28. The number of fused-ring (bicyclic) bond motifs is 1. The number of furan rings is 1. The van der Waals surface area contributed by atoms with E-state index < -0.39 is 12.0 Å². The quantitative estimate of drug-likeness (QED) is 0.247. The fourth-order valence-corrected chi connectivity index (χ4v) is 6.07. The van der Waals surface area contributed by atoms with Gasteiger partial charge in [-0.15, -0.1) is 0 Å². The third kappa shape index (κ3) is 6.16. The van der Waals surface area contributed by atoms with E-state index >= 15 is 0 Å². The molecule has 0 bridgehead atoms. The molecule has 0 radical (unpaired) electrons. The van der Waals surface area contributed by atoms with Crippen molar-refractivity contribution in [2.45, 2.75) is 59.8 Å². The molecule has 0 saturated carbocycles. The molecule has 0 spiro atoms. The monoisotopic (exact) mass is 614 g/mol. The van der Waals surface area contributed by atoms with Crippen molar-refractivity contribution in [3.05, 3.63) is 108 Å². The molecule has 0 saturated heterocycles. The third-order valence-corrected chi connectivity index (χ3v) is 7.95. The second kappa shape index (κ2) is 12.5. The van der Waals surface area contributed by atoms with Gasteiger partial charge in [-0.2, -0.15) is 0 Å². The van der Waals surface area contributed by atoms with E-state index in [2.05, 4.69) is 4.99 Å².